The Hall–Kier alpha value is -1.29. The molecule has 0 bridgehead atoms. The number of nitrogens with one attached hydrogen (secondary N) is 1. The smallest absolute Gasteiger partial charge is 0.243 e. The molecule has 0 unspecified atom stereocenters. The van der Waals surface area contributed by atoms with Crippen LogP contribution in [0.15, 0.2) is 23.1 Å². The fourth-order valence-electron chi connectivity index (χ4n) is 2.53. The Morgan fingerprint density at radius 2 is 1.93 bits per heavy atom. The van der Waals surface area contributed by atoms with Crippen molar-refractivity contribution in [3.05, 3.63) is 18.2 Å². The zero-order valence-corrected chi connectivity index (χ0v) is 18.8. The van der Waals surface area contributed by atoms with Crippen molar-refractivity contribution in [2.75, 3.05) is 37.4 Å². The Bertz CT molecular complexity index is 782. The molecular formula is C19H30N2O5S2. The zero-order valence-electron chi connectivity index (χ0n) is 17.1. The number of hydrogen-bond donors (Lipinski definition) is 1. The minimum Gasteiger partial charge on any atom is -0.489 e. The van der Waals surface area contributed by atoms with Gasteiger partial charge in [0.15, 0.2) is 0 Å². The molecule has 28 heavy (non-hydrogen) atoms. The average molecular weight is 431 g/mol. The van der Waals surface area contributed by atoms with Crippen LogP contribution in [0.4, 0.5) is 5.69 Å². The standard InChI is InChI=1S/C19H30N2O5S2/c1-14(2)26-17-7-6-15(28(23,24)21-8-10-25-11-9-21)12-16(17)20-18(22)13-27-19(3,4)5/h6-7,12,14H,8-11,13H2,1-5H3,(H,20,22). The molecule has 1 saturated heterocycles. The molecule has 2 rings (SSSR count). The number of carbonyl (C=O) groups is 1. The Morgan fingerprint density at radius 1 is 1.29 bits per heavy atom. The van der Waals surface area contributed by atoms with Crippen molar-refractivity contribution >= 4 is 33.4 Å². The molecule has 1 heterocycles. The van der Waals surface area contributed by atoms with Crippen LogP contribution in [0.2, 0.25) is 0 Å². The van der Waals surface area contributed by atoms with Crippen LogP contribution in [0.1, 0.15) is 34.6 Å². The molecule has 0 atom stereocenters. The van der Waals surface area contributed by atoms with Gasteiger partial charge < -0.3 is 14.8 Å². The zero-order chi connectivity index (χ0) is 20.9. The van der Waals surface area contributed by atoms with Crippen molar-refractivity contribution in [1.82, 2.24) is 4.31 Å². The monoisotopic (exact) mass is 430 g/mol. The Morgan fingerprint density at radius 3 is 2.50 bits per heavy atom. The highest BCUT2D eigenvalue weighted by atomic mass is 32.2. The summed E-state index contributed by atoms with van der Waals surface area (Å²) < 4.78 is 38.2. The van der Waals surface area contributed by atoms with Gasteiger partial charge in [-0.05, 0) is 32.0 Å². The van der Waals surface area contributed by atoms with E-state index in [4.69, 9.17) is 9.47 Å². The number of amides is 1. The van der Waals surface area contributed by atoms with E-state index in [-0.39, 0.29) is 27.4 Å². The van der Waals surface area contributed by atoms with Gasteiger partial charge in [0, 0.05) is 17.8 Å². The molecule has 0 radical (unpaired) electrons. The third kappa shape index (κ3) is 6.65. The number of sulfonamides is 1. The van der Waals surface area contributed by atoms with E-state index in [0.717, 1.165) is 0 Å². The first-order valence-electron chi connectivity index (χ1n) is 9.31. The summed E-state index contributed by atoms with van der Waals surface area (Å²) in [4.78, 5) is 12.5. The molecule has 1 aliphatic heterocycles. The molecule has 1 amide bonds. The number of rotatable bonds is 7. The van der Waals surface area contributed by atoms with Crippen LogP contribution >= 0.6 is 11.8 Å². The van der Waals surface area contributed by atoms with E-state index in [1.54, 1.807) is 6.07 Å². The lowest BCUT2D eigenvalue weighted by molar-refractivity contribution is -0.113. The predicted octanol–water partition coefficient (Wildman–Crippen LogP) is 2.96. The topological polar surface area (TPSA) is 84.9 Å². The molecule has 0 aromatic heterocycles. The van der Waals surface area contributed by atoms with Crippen molar-refractivity contribution in [2.24, 2.45) is 0 Å². The minimum atomic E-state index is -3.66. The van der Waals surface area contributed by atoms with Gasteiger partial charge in [-0.1, -0.05) is 20.8 Å². The second kappa shape index (κ2) is 9.47. The van der Waals surface area contributed by atoms with Crippen molar-refractivity contribution in [3.63, 3.8) is 0 Å². The highest BCUT2D eigenvalue weighted by Crippen LogP contribution is 2.31. The second-order valence-corrected chi connectivity index (χ2v) is 11.5. The van der Waals surface area contributed by atoms with Crippen LogP contribution in [-0.2, 0) is 19.6 Å². The molecule has 1 N–H and O–H groups in total. The summed E-state index contributed by atoms with van der Waals surface area (Å²) in [6, 6.07) is 4.59. The molecule has 0 saturated carbocycles. The maximum absolute atomic E-state index is 12.9. The maximum atomic E-state index is 12.9. The van der Waals surface area contributed by atoms with E-state index < -0.39 is 10.0 Å². The number of hydrogen-bond acceptors (Lipinski definition) is 6. The summed E-state index contributed by atoms with van der Waals surface area (Å²) in [5.74, 6) is 0.518. The van der Waals surface area contributed by atoms with Gasteiger partial charge in [-0.15, -0.1) is 11.8 Å². The van der Waals surface area contributed by atoms with Crippen LogP contribution in [0.25, 0.3) is 0 Å². The minimum absolute atomic E-state index is 0.0455. The van der Waals surface area contributed by atoms with E-state index in [9.17, 15) is 13.2 Å². The van der Waals surface area contributed by atoms with Gasteiger partial charge in [-0.25, -0.2) is 8.42 Å². The van der Waals surface area contributed by atoms with Crippen molar-refractivity contribution in [2.45, 2.75) is 50.4 Å². The fraction of sp³-hybridized carbons (Fsp3) is 0.632. The van der Waals surface area contributed by atoms with Gasteiger partial charge in [0.1, 0.15) is 5.75 Å². The molecule has 158 valence electrons. The fourth-order valence-corrected chi connectivity index (χ4v) is 4.60. The number of benzene rings is 1. The maximum Gasteiger partial charge on any atom is 0.243 e. The summed E-state index contributed by atoms with van der Waals surface area (Å²) in [7, 11) is -3.66. The Balaban J connectivity index is 2.27. The summed E-state index contributed by atoms with van der Waals surface area (Å²) in [6.07, 6.45) is -0.110. The molecule has 0 spiro atoms. The molecular weight excluding hydrogens is 400 g/mol. The van der Waals surface area contributed by atoms with Crippen LogP contribution in [0, 0.1) is 0 Å². The third-order valence-corrected chi connectivity index (χ3v) is 7.00. The van der Waals surface area contributed by atoms with Gasteiger partial charge in [-0.3, -0.25) is 4.79 Å². The van der Waals surface area contributed by atoms with Crippen molar-refractivity contribution < 1.29 is 22.7 Å². The highest BCUT2D eigenvalue weighted by molar-refractivity contribution is 8.01. The van der Waals surface area contributed by atoms with Gasteiger partial charge >= 0.3 is 0 Å². The first-order chi connectivity index (χ1) is 13.0. The molecule has 7 nitrogen and oxygen atoms in total. The van der Waals surface area contributed by atoms with E-state index in [1.165, 1.54) is 28.2 Å². The predicted molar refractivity (Wildman–Crippen MR) is 113 cm³/mol. The highest BCUT2D eigenvalue weighted by Gasteiger charge is 2.27. The molecule has 1 aromatic carbocycles. The Kier molecular flexibility index (Phi) is 7.78. The number of morpholine rings is 1. The van der Waals surface area contributed by atoms with E-state index in [0.29, 0.717) is 37.7 Å². The molecule has 9 heteroatoms. The molecule has 1 aromatic rings. The van der Waals surface area contributed by atoms with E-state index in [1.807, 2.05) is 34.6 Å². The summed E-state index contributed by atoms with van der Waals surface area (Å²) in [5, 5.41) is 2.81. The lowest BCUT2D eigenvalue weighted by Gasteiger charge is -2.26. The Labute approximate surface area is 172 Å². The van der Waals surface area contributed by atoms with Crippen LogP contribution < -0.4 is 10.1 Å². The summed E-state index contributed by atoms with van der Waals surface area (Å²) in [6.45, 7) is 11.2. The largest absolute Gasteiger partial charge is 0.489 e. The molecule has 1 aliphatic rings. The van der Waals surface area contributed by atoms with Gasteiger partial charge in [0.05, 0.1) is 35.7 Å². The van der Waals surface area contributed by atoms with Gasteiger partial charge in [0.2, 0.25) is 15.9 Å². The van der Waals surface area contributed by atoms with Crippen LogP contribution in [0.5, 0.6) is 5.75 Å². The van der Waals surface area contributed by atoms with Crippen molar-refractivity contribution in [3.8, 4) is 5.75 Å². The van der Waals surface area contributed by atoms with Crippen molar-refractivity contribution in [1.29, 1.82) is 0 Å². The second-order valence-electron chi connectivity index (χ2n) is 7.79. The number of thioether (sulfide) groups is 1. The summed E-state index contributed by atoms with van der Waals surface area (Å²) >= 11 is 1.52. The first kappa shape index (κ1) is 23.0. The average Bonchev–Trinajstić information content (AvgIpc) is 2.61. The number of carbonyl (C=O) groups excluding carboxylic acids is 1. The molecule has 0 aliphatic carbocycles. The number of nitrogens with zero attached hydrogens (tertiary/aromatic N) is 1. The number of ether oxygens (including phenoxy) is 2. The van der Waals surface area contributed by atoms with E-state index >= 15 is 0 Å². The number of anilines is 1. The summed E-state index contributed by atoms with van der Waals surface area (Å²) in [5.41, 5.74) is 0.363. The lowest BCUT2D eigenvalue weighted by Crippen LogP contribution is -2.40. The SMILES string of the molecule is CC(C)Oc1ccc(S(=O)(=O)N2CCOCC2)cc1NC(=O)CSC(C)(C)C. The van der Waals surface area contributed by atoms with Gasteiger partial charge in [-0.2, -0.15) is 4.31 Å². The van der Waals surface area contributed by atoms with Gasteiger partial charge in [0.25, 0.3) is 0 Å². The third-order valence-electron chi connectivity index (χ3n) is 3.83. The van der Waals surface area contributed by atoms with E-state index in [2.05, 4.69) is 5.32 Å². The lowest BCUT2D eigenvalue weighted by atomic mass is 10.3. The first-order valence-corrected chi connectivity index (χ1v) is 11.7. The van der Waals surface area contributed by atoms with Crippen LogP contribution in [0.3, 0.4) is 0 Å². The quantitative estimate of drug-likeness (QED) is 0.716. The molecule has 1 fully saturated rings. The van der Waals surface area contributed by atoms with Crippen LogP contribution in [-0.4, -0.2) is 61.5 Å². The normalized spacial score (nSPS) is 16.2.